The van der Waals surface area contributed by atoms with Gasteiger partial charge in [0.2, 0.25) is 5.91 Å². The summed E-state index contributed by atoms with van der Waals surface area (Å²) in [6, 6.07) is 8.41. The van der Waals surface area contributed by atoms with Crippen LogP contribution in [0.2, 0.25) is 0 Å². The second-order valence-corrected chi connectivity index (χ2v) is 10.6. The van der Waals surface area contributed by atoms with Crippen LogP contribution in [-0.2, 0) is 27.2 Å². The lowest BCUT2D eigenvalue weighted by atomic mass is 9.77. The summed E-state index contributed by atoms with van der Waals surface area (Å²) in [6.45, 7) is 8.16. The maximum atomic E-state index is 14.5. The van der Waals surface area contributed by atoms with E-state index in [2.05, 4.69) is 0 Å². The van der Waals surface area contributed by atoms with Crippen LogP contribution in [0.5, 0.6) is 0 Å². The Morgan fingerprint density at radius 2 is 1.71 bits per heavy atom. The molecule has 4 nitrogen and oxygen atoms in total. The van der Waals surface area contributed by atoms with Gasteiger partial charge in [-0.3, -0.25) is 4.79 Å². The molecule has 0 aliphatic carbocycles. The van der Waals surface area contributed by atoms with Crippen LogP contribution in [0.1, 0.15) is 48.1 Å². The molecule has 3 aliphatic rings. The van der Waals surface area contributed by atoms with Gasteiger partial charge < -0.3 is 14.5 Å². The van der Waals surface area contributed by atoms with Crippen LogP contribution in [0.15, 0.2) is 30.3 Å². The van der Waals surface area contributed by atoms with Gasteiger partial charge in [0, 0.05) is 24.7 Å². The number of likely N-dealkylation sites (tertiary alicyclic amines) is 1. The first-order valence-corrected chi connectivity index (χ1v) is 12.0. The highest BCUT2D eigenvalue weighted by molar-refractivity contribution is 5.79. The number of hydrogen-bond donors (Lipinski definition) is 0. The van der Waals surface area contributed by atoms with Gasteiger partial charge in [0.1, 0.15) is 16.8 Å². The average Bonchev–Trinajstić information content (AvgIpc) is 3.38. The zero-order valence-electron chi connectivity index (χ0n) is 20.4. The van der Waals surface area contributed by atoms with E-state index in [-0.39, 0.29) is 48.0 Å². The molecule has 1 unspecified atom stereocenters. The van der Waals surface area contributed by atoms with E-state index in [9.17, 15) is 22.4 Å². The number of halogens is 4. The lowest BCUT2D eigenvalue weighted by Gasteiger charge is -2.48. The number of carbonyl (C=O) groups excluding carboxylic acids is 1. The SMILES string of the molecule is Cc1cc(C2(C(F)(F)F)CCN(c3ccc4c(c3)COC43CN(C(=O)C(C)C)C3)C2)cc(C)c1F. The van der Waals surface area contributed by atoms with Crippen LogP contribution in [0, 0.1) is 25.6 Å². The van der Waals surface area contributed by atoms with Crippen LogP contribution in [0.3, 0.4) is 0 Å². The molecule has 0 bridgehead atoms. The molecular weight excluding hydrogens is 460 g/mol. The van der Waals surface area contributed by atoms with Crippen molar-refractivity contribution in [2.75, 3.05) is 31.1 Å². The van der Waals surface area contributed by atoms with Crippen molar-refractivity contribution in [1.29, 1.82) is 0 Å². The van der Waals surface area contributed by atoms with Crippen molar-refractivity contribution in [3.63, 3.8) is 0 Å². The number of carbonyl (C=O) groups is 1. The predicted octanol–water partition coefficient (Wildman–Crippen LogP) is 5.38. The molecule has 0 saturated carbocycles. The normalized spacial score (nSPS) is 23.2. The van der Waals surface area contributed by atoms with Crippen molar-refractivity contribution in [1.82, 2.24) is 4.90 Å². The van der Waals surface area contributed by atoms with Crippen LogP contribution in [0.4, 0.5) is 23.2 Å². The van der Waals surface area contributed by atoms with Gasteiger partial charge in [0.15, 0.2) is 0 Å². The Labute approximate surface area is 202 Å². The number of rotatable bonds is 3. The van der Waals surface area contributed by atoms with Crippen molar-refractivity contribution in [2.24, 2.45) is 5.92 Å². The third-order valence-electron chi connectivity index (χ3n) is 7.95. The van der Waals surface area contributed by atoms with Gasteiger partial charge in [-0.2, -0.15) is 13.2 Å². The second kappa shape index (κ2) is 7.95. The molecule has 5 rings (SSSR count). The van der Waals surface area contributed by atoms with Crippen molar-refractivity contribution < 1.29 is 27.1 Å². The Morgan fingerprint density at radius 1 is 1.06 bits per heavy atom. The summed E-state index contributed by atoms with van der Waals surface area (Å²) in [6.07, 6.45) is -4.56. The number of alkyl halides is 3. The van der Waals surface area contributed by atoms with Gasteiger partial charge >= 0.3 is 6.18 Å². The topological polar surface area (TPSA) is 32.8 Å². The number of nitrogens with zero attached hydrogens (tertiary/aromatic N) is 2. The van der Waals surface area contributed by atoms with Crippen LogP contribution in [0.25, 0.3) is 0 Å². The quantitative estimate of drug-likeness (QED) is 0.542. The van der Waals surface area contributed by atoms with Gasteiger partial charge in [-0.25, -0.2) is 4.39 Å². The molecule has 8 heteroatoms. The van der Waals surface area contributed by atoms with Gasteiger partial charge in [0.25, 0.3) is 0 Å². The van der Waals surface area contributed by atoms with Crippen molar-refractivity contribution in [3.8, 4) is 0 Å². The van der Waals surface area contributed by atoms with Crippen LogP contribution in [-0.4, -0.2) is 43.2 Å². The van der Waals surface area contributed by atoms with E-state index in [4.69, 9.17) is 4.74 Å². The Morgan fingerprint density at radius 3 is 2.31 bits per heavy atom. The summed E-state index contributed by atoms with van der Waals surface area (Å²) in [4.78, 5) is 15.8. The molecule has 188 valence electrons. The minimum atomic E-state index is -4.47. The number of fused-ring (bicyclic) bond motifs is 2. The highest BCUT2D eigenvalue weighted by Gasteiger charge is 2.59. The molecule has 1 amide bonds. The highest BCUT2D eigenvalue weighted by atomic mass is 19.4. The minimum absolute atomic E-state index is 0.0756. The van der Waals surface area contributed by atoms with Crippen LogP contribution >= 0.6 is 0 Å². The summed E-state index contributed by atoms with van der Waals surface area (Å²) in [5.41, 5.74) is 0.704. The van der Waals surface area contributed by atoms with E-state index in [0.29, 0.717) is 19.7 Å². The fourth-order valence-corrected chi connectivity index (χ4v) is 5.87. The molecule has 0 aromatic heterocycles. The van der Waals surface area contributed by atoms with Gasteiger partial charge in [-0.1, -0.05) is 32.0 Å². The largest absolute Gasteiger partial charge is 0.400 e. The molecule has 35 heavy (non-hydrogen) atoms. The second-order valence-electron chi connectivity index (χ2n) is 10.6. The summed E-state index contributed by atoms with van der Waals surface area (Å²) in [5, 5.41) is 0. The third-order valence-corrected chi connectivity index (χ3v) is 7.95. The summed E-state index contributed by atoms with van der Waals surface area (Å²) >= 11 is 0. The van der Waals surface area contributed by atoms with E-state index in [1.165, 1.54) is 26.0 Å². The molecule has 3 aliphatic heterocycles. The average molecular weight is 491 g/mol. The highest BCUT2D eigenvalue weighted by Crippen LogP contribution is 2.50. The van der Waals surface area contributed by atoms with E-state index in [1.807, 2.05) is 32.0 Å². The molecule has 3 heterocycles. The van der Waals surface area contributed by atoms with Gasteiger partial charge in [-0.05, 0) is 60.2 Å². The Hall–Kier alpha value is -2.61. The number of ether oxygens (including phenoxy) is 1. The van der Waals surface area contributed by atoms with Crippen molar-refractivity contribution in [2.45, 2.75) is 57.9 Å². The van der Waals surface area contributed by atoms with E-state index in [0.717, 1.165) is 16.8 Å². The molecule has 2 saturated heterocycles. The molecule has 0 radical (unpaired) electrons. The zero-order valence-corrected chi connectivity index (χ0v) is 20.4. The number of benzene rings is 2. The smallest absolute Gasteiger partial charge is 0.370 e. The van der Waals surface area contributed by atoms with Gasteiger partial charge in [-0.15, -0.1) is 0 Å². The van der Waals surface area contributed by atoms with Crippen LogP contribution < -0.4 is 4.90 Å². The first-order chi connectivity index (χ1) is 16.4. The molecule has 1 atom stereocenters. The first kappa shape index (κ1) is 24.1. The number of anilines is 1. The lowest BCUT2D eigenvalue weighted by molar-refractivity contribution is -0.184. The van der Waals surface area contributed by atoms with E-state index < -0.39 is 23.0 Å². The molecule has 1 spiro atoms. The van der Waals surface area contributed by atoms with E-state index >= 15 is 0 Å². The number of amides is 1. The Balaban J connectivity index is 1.41. The van der Waals surface area contributed by atoms with Crippen molar-refractivity contribution >= 4 is 11.6 Å². The fourth-order valence-electron chi connectivity index (χ4n) is 5.87. The lowest BCUT2D eigenvalue weighted by Crippen LogP contribution is -2.61. The summed E-state index contributed by atoms with van der Waals surface area (Å²) < 4.78 is 63.8. The Bertz CT molecular complexity index is 1160. The van der Waals surface area contributed by atoms with Gasteiger partial charge in [0.05, 0.1) is 19.7 Å². The standard InChI is InChI=1S/C27H30F4N2O2/c1-16(2)24(34)33-14-26(15-33)22-6-5-21(11-19(22)12-35-26)32-8-7-25(13-32,27(29,30)31)20-9-17(3)23(28)18(4)10-20/h5-6,9-11,16H,7-8,12-15H2,1-4H3. The number of aryl methyl sites for hydroxylation is 2. The zero-order chi connectivity index (χ0) is 25.3. The van der Waals surface area contributed by atoms with Crippen molar-refractivity contribution in [3.05, 3.63) is 64.0 Å². The third kappa shape index (κ3) is 3.63. The summed E-state index contributed by atoms with van der Waals surface area (Å²) in [5.74, 6) is -0.442. The molecule has 0 N–H and O–H groups in total. The first-order valence-electron chi connectivity index (χ1n) is 12.0. The summed E-state index contributed by atoms with van der Waals surface area (Å²) in [7, 11) is 0. The molecule has 2 fully saturated rings. The Kier molecular flexibility index (Phi) is 5.47. The van der Waals surface area contributed by atoms with E-state index in [1.54, 1.807) is 9.80 Å². The molecule has 2 aromatic rings. The monoisotopic (exact) mass is 490 g/mol. The molecule has 2 aromatic carbocycles. The molecular formula is C27H30F4N2O2. The predicted molar refractivity (Wildman–Crippen MR) is 125 cm³/mol. The maximum absolute atomic E-state index is 14.5. The number of hydrogen-bond acceptors (Lipinski definition) is 3. The maximum Gasteiger partial charge on any atom is 0.400 e. The fraction of sp³-hybridized carbons (Fsp3) is 0.519. The minimum Gasteiger partial charge on any atom is -0.370 e.